The lowest BCUT2D eigenvalue weighted by Crippen LogP contribution is -2.28. The van der Waals surface area contributed by atoms with Gasteiger partial charge in [-0.1, -0.05) is 46.8 Å². The molecule has 2 heterocycles. The van der Waals surface area contributed by atoms with Crippen LogP contribution in [-0.2, 0) is 6.61 Å². The average Bonchev–Trinajstić information content (AvgIpc) is 3.04. The van der Waals surface area contributed by atoms with E-state index in [0.717, 1.165) is 11.3 Å². The molecule has 1 aromatic heterocycles. The van der Waals surface area contributed by atoms with Crippen LogP contribution in [0.4, 0.5) is 5.88 Å². The zero-order valence-corrected chi connectivity index (χ0v) is 12.0. The summed E-state index contributed by atoms with van der Waals surface area (Å²) >= 11 is 6.05. The molecule has 1 aliphatic rings. The molecule has 0 saturated carbocycles. The number of nitrogens with one attached hydrogen (secondary N) is 1. The summed E-state index contributed by atoms with van der Waals surface area (Å²) in [6, 6.07) is 7.70. The highest BCUT2D eigenvalue weighted by Crippen LogP contribution is 2.31. The van der Waals surface area contributed by atoms with Gasteiger partial charge in [0.25, 0.3) is 5.88 Å². The molecule has 108 valence electrons. The highest BCUT2D eigenvalue weighted by molar-refractivity contribution is 6.30. The quantitative estimate of drug-likeness (QED) is 0.937. The lowest BCUT2D eigenvalue weighted by atomic mass is 10.2. The predicted octanol–water partition coefficient (Wildman–Crippen LogP) is 3.38. The molecule has 0 radical (unpaired) electrons. The molecule has 0 unspecified atom stereocenters. The van der Waals surface area contributed by atoms with Gasteiger partial charge in [-0.05, 0) is 18.6 Å². The Kier molecular flexibility index (Phi) is 3.49. The van der Waals surface area contributed by atoms with Gasteiger partial charge in [0.15, 0.2) is 11.0 Å². The van der Waals surface area contributed by atoms with Crippen LogP contribution >= 0.6 is 11.6 Å². The average molecular weight is 306 g/mol. The summed E-state index contributed by atoms with van der Waals surface area (Å²) in [5.41, 5.74) is 4.24. The third kappa shape index (κ3) is 2.55. The van der Waals surface area contributed by atoms with Crippen molar-refractivity contribution in [2.75, 3.05) is 5.01 Å². The van der Waals surface area contributed by atoms with Crippen LogP contribution in [0, 0.1) is 6.92 Å². The smallest absolute Gasteiger partial charge is 0.261 e. The van der Waals surface area contributed by atoms with Crippen LogP contribution in [0.3, 0.4) is 0 Å². The topological polar surface area (TPSA) is 75.3 Å². The summed E-state index contributed by atoms with van der Waals surface area (Å²) in [6.07, 6.45) is 0. The van der Waals surface area contributed by atoms with Crippen molar-refractivity contribution in [3.8, 4) is 5.75 Å². The standard InChI is InChI=1S/C13H12ClN5O2/c1-8-5-3-4-6-11(8)20-7-10-12(14)16-21-13(10)19-9(2)15-17-18-19/h3-6H,2,7H2,1H3,(H,15,18). The van der Waals surface area contributed by atoms with Crippen molar-refractivity contribution in [2.45, 2.75) is 13.5 Å². The zero-order chi connectivity index (χ0) is 14.8. The van der Waals surface area contributed by atoms with E-state index in [1.54, 1.807) is 0 Å². The minimum atomic E-state index is 0.202. The van der Waals surface area contributed by atoms with Gasteiger partial charge in [0.2, 0.25) is 0 Å². The molecule has 0 atom stereocenters. The van der Waals surface area contributed by atoms with Crippen LogP contribution in [-0.4, -0.2) is 5.16 Å². The van der Waals surface area contributed by atoms with Crippen LogP contribution < -0.4 is 15.3 Å². The molecule has 7 nitrogen and oxygen atoms in total. The van der Waals surface area contributed by atoms with Gasteiger partial charge >= 0.3 is 0 Å². The largest absolute Gasteiger partial charge is 0.488 e. The first kappa shape index (κ1) is 13.4. The number of rotatable bonds is 4. The van der Waals surface area contributed by atoms with Crippen molar-refractivity contribution in [1.82, 2.24) is 10.7 Å². The van der Waals surface area contributed by atoms with Gasteiger partial charge in [0, 0.05) is 0 Å². The van der Waals surface area contributed by atoms with E-state index in [9.17, 15) is 0 Å². The molecule has 0 amide bonds. The number of ether oxygens (including phenoxy) is 1. The van der Waals surface area contributed by atoms with Gasteiger partial charge in [-0.2, -0.15) is 10.5 Å². The lowest BCUT2D eigenvalue weighted by Gasteiger charge is -2.14. The second-order valence-electron chi connectivity index (χ2n) is 4.36. The van der Waals surface area contributed by atoms with Gasteiger partial charge in [-0.15, -0.1) is 5.11 Å². The highest BCUT2D eigenvalue weighted by Gasteiger charge is 2.26. The van der Waals surface area contributed by atoms with Crippen molar-refractivity contribution in [1.29, 1.82) is 0 Å². The first-order valence-corrected chi connectivity index (χ1v) is 6.52. The maximum absolute atomic E-state index is 6.05. The monoisotopic (exact) mass is 305 g/mol. The summed E-state index contributed by atoms with van der Waals surface area (Å²) in [4.78, 5) is 0. The van der Waals surface area contributed by atoms with E-state index < -0.39 is 0 Å². The van der Waals surface area contributed by atoms with Crippen LogP contribution in [0.15, 0.2) is 51.5 Å². The third-order valence-electron chi connectivity index (χ3n) is 2.96. The van der Waals surface area contributed by atoms with Crippen molar-refractivity contribution in [3.05, 3.63) is 52.9 Å². The van der Waals surface area contributed by atoms with Crippen LogP contribution in [0.1, 0.15) is 11.1 Å². The molecule has 0 fully saturated rings. The third-order valence-corrected chi connectivity index (χ3v) is 3.25. The molecular weight excluding hydrogens is 294 g/mol. The first-order chi connectivity index (χ1) is 10.2. The van der Waals surface area contributed by atoms with E-state index in [-0.39, 0.29) is 11.8 Å². The summed E-state index contributed by atoms with van der Waals surface area (Å²) in [7, 11) is 0. The molecule has 0 spiro atoms. The molecule has 21 heavy (non-hydrogen) atoms. The van der Waals surface area contributed by atoms with E-state index in [0.29, 0.717) is 17.3 Å². The van der Waals surface area contributed by atoms with Gasteiger partial charge in [0.1, 0.15) is 12.4 Å². The molecule has 1 N–H and O–H groups in total. The maximum Gasteiger partial charge on any atom is 0.261 e. The van der Waals surface area contributed by atoms with E-state index in [1.165, 1.54) is 5.01 Å². The Morgan fingerprint density at radius 3 is 2.95 bits per heavy atom. The number of aromatic nitrogens is 1. The number of hydrazine groups is 1. The van der Waals surface area contributed by atoms with Crippen LogP contribution in [0.5, 0.6) is 5.75 Å². The fourth-order valence-corrected chi connectivity index (χ4v) is 2.01. The van der Waals surface area contributed by atoms with E-state index in [4.69, 9.17) is 20.9 Å². The second kappa shape index (κ2) is 5.45. The molecule has 0 bridgehead atoms. The number of hydrogen-bond donors (Lipinski definition) is 1. The zero-order valence-electron chi connectivity index (χ0n) is 11.2. The summed E-state index contributed by atoms with van der Waals surface area (Å²) in [5.74, 6) is 1.49. The van der Waals surface area contributed by atoms with Crippen molar-refractivity contribution >= 4 is 17.5 Å². The molecule has 3 rings (SSSR count). The number of benzene rings is 1. The Morgan fingerprint density at radius 2 is 2.24 bits per heavy atom. The van der Waals surface area contributed by atoms with Crippen molar-refractivity contribution in [2.24, 2.45) is 10.3 Å². The Hall–Kier alpha value is -2.54. The van der Waals surface area contributed by atoms with Gasteiger partial charge < -0.3 is 9.26 Å². The SMILES string of the molecule is C=C1N=NNN1c1onc(Cl)c1COc1ccccc1C. The number of halogens is 1. The fraction of sp³-hybridized carbons (Fsp3) is 0.154. The Morgan fingerprint density at radius 1 is 1.43 bits per heavy atom. The first-order valence-electron chi connectivity index (χ1n) is 6.14. The summed E-state index contributed by atoms with van der Waals surface area (Å²) in [6.45, 7) is 5.89. The predicted molar refractivity (Wildman–Crippen MR) is 76.6 cm³/mol. The maximum atomic E-state index is 6.05. The minimum absolute atomic E-state index is 0.202. The highest BCUT2D eigenvalue weighted by atomic mass is 35.5. The van der Waals surface area contributed by atoms with Crippen LogP contribution in [0.2, 0.25) is 5.15 Å². The molecule has 0 saturated heterocycles. The summed E-state index contributed by atoms with van der Waals surface area (Å²) < 4.78 is 11.0. The number of nitrogens with zero attached hydrogens (tertiary/aromatic N) is 4. The number of aryl methyl sites for hydroxylation is 1. The molecular formula is C13H12ClN5O2. The number of hydrogen-bond acceptors (Lipinski definition) is 7. The Bertz CT molecular complexity index is 712. The molecule has 8 heteroatoms. The minimum Gasteiger partial charge on any atom is -0.488 e. The van der Waals surface area contributed by atoms with E-state index in [1.807, 2.05) is 31.2 Å². The Balaban J connectivity index is 1.81. The van der Waals surface area contributed by atoms with Gasteiger partial charge in [-0.25, -0.2) is 0 Å². The Labute approximate surface area is 125 Å². The van der Waals surface area contributed by atoms with Crippen LogP contribution in [0.25, 0.3) is 0 Å². The molecule has 1 aromatic carbocycles. The molecule has 1 aliphatic heterocycles. The number of anilines is 1. The van der Waals surface area contributed by atoms with E-state index in [2.05, 4.69) is 27.6 Å². The molecule has 0 aliphatic carbocycles. The van der Waals surface area contributed by atoms with Gasteiger partial charge in [0.05, 0.1) is 5.56 Å². The van der Waals surface area contributed by atoms with Gasteiger partial charge in [-0.3, -0.25) is 0 Å². The normalized spacial score (nSPS) is 13.6. The summed E-state index contributed by atoms with van der Waals surface area (Å²) in [5, 5.41) is 12.8. The van der Waals surface area contributed by atoms with E-state index >= 15 is 0 Å². The number of para-hydroxylation sites is 1. The molecule has 2 aromatic rings. The second-order valence-corrected chi connectivity index (χ2v) is 4.72. The fourth-order valence-electron chi connectivity index (χ4n) is 1.84. The van der Waals surface area contributed by atoms with Crippen molar-refractivity contribution in [3.63, 3.8) is 0 Å². The van der Waals surface area contributed by atoms with Crippen molar-refractivity contribution < 1.29 is 9.26 Å². The lowest BCUT2D eigenvalue weighted by molar-refractivity contribution is 0.302.